The SMILES string of the molecule is CC(C)OC(=O)[C@H](C)N[P+](=O)COC(C)(C)Cc1cnn2c(=O)[nH]c(N)nc12. The van der Waals surface area contributed by atoms with Gasteiger partial charge in [0, 0.05) is 12.0 Å². The Morgan fingerprint density at radius 3 is 2.75 bits per heavy atom. The molecular weight excluding hydrogens is 387 g/mol. The van der Waals surface area contributed by atoms with Crippen molar-refractivity contribution in [2.24, 2.45) is 0 Å². The van der Waals surface area contributed by atoms with Crippen molar-refractivity contribution in [2.75, 3.05) is 12.1 Å². The molecule has 2 aromatic heterocycles. The van der Waals surface area contributed by atoms with Gasteiger partial charge in [0.15, 0.2) is 5.65 Å². The molecule has 0 bridgehead atoms. The minimum atomic E-state index is -1.98. The quantitative estimate of drug-likeness (QED) is 0.403. The highest BCUT2D eigenvalue weighted by Crippen LogP contribution is 2.24. The van der Waals surface area contributed by atoms with Crippen molar-refractivity contribution in [3.8, 4) is 0 Å². The van der Waals surface area contributed by atoms with E-state index in [4.69, 9.17) is 15.2 Å². The number of fused-ring (bicyclic) bond motifs is 1. The standard InChI is InChI=1S/C16H25N6O5P/c1-9(2)27-13(23)10(3)21-28(25)8-26-16(4,5)6-11-7-18-22-12(11)19-14(17)20-15(22)24/h7,9-10H,6,8H2,1-5H3,(H3-,17,18,19,20,21,24,25)/p+1/t10-/m0/s1. The zero-order valence-electron chi connectivity index (χ0n) is 16.6. The van der Waals surface area contributed by atoms with E-state index in [1.807, 2.05) is 13.8 Å². The van der Waals surface area contributed by atoms with Crippen molar-refractivity contribution >= 4 is 25.5 Å². The Labute approximate surface area is 162 Å². The molecule has 0 fully saturated rings. The van der Waals surface area contributed by atoms with Crippen molar-refractivity contribution in [1.82, 2.24) is 24.7 Å². The molecule has 0 aliphatic carbocycles. The number of carbonyl (C=O) groups excluding carboxylic acids is 1. The lowest BCUT2D eigenvalue weighted by Crippen LogP contribution is -2.34. The van der Waals surface area contributed by atoms with Crippen LogP contribution in [0.15, 0.2) is 11.0 Å². The van der Waals surface area contributed by atoms with Gasteiger partial charge in [-0.05, 0) is 39.2 Å². The van der Waals surface area contributed by atoms with Gasteiger partial charge in [-0.2, -0.15) is 14.6 Å². The second-order valence-corrected chi connectivity index (χ2v) is 8.53. The van der Waals surface area contributed by atoms with Gasteiger partial charge in [0.05, 0.1) is 17.9 Å². The molecule has 0 radical (unpaired) electrons. The fourth-order valence-corrected chi connectivity index (χ4v) is 3.53. The van der Waals surface area contributed by atoms with Crippen molar-refractivity contribution < 1.29 is 18.8 Å². The van der Waals surface area contributed by atoms with Crippen molar-refractivity contribution in [2.45, 2.75) is 58.8 Å². The number of rotatable bonds is 9. The normalized spacial score (nSPS) is 13.7. The van der Waals surface area contributed by atoms with Gasteiger partial charge in [-0.3, -0.25) is 9.78 Å². The largest absolute Gasteiger partial charge is 0.462 e. The van der Waals surface area contributed by atoms with Gasteiger partial charge in [-0.25, -0.2) is 4.79 Å². The first-order valence-corrected chi connectivity index (χ1v) is 10.2. The number of nitrogens with two attached hydrogens (primary N) is 1. The number of nitrogens with one attached hydrogen (secondary N) is 2. The van der Waals surface area contributed by atoms with Gasteiger partial charge >= 0.3 is 19.6 Å². The summed E-state index contributed by atoms with van der Waals surface area (Å²) in [5.41, 5.74) is 5.39. The van der Waals surface area contributed by atoms with E-state index in [-0.39, 0.29) is 18.4 Å². The molecule has 28 heavy (non-hydrogen) atoms. The second-order valence-electron chi connectivity index (χ2n) is 7.26. The molecule has 0 saturated heterocycles. The highest BCUT2D eigenvalue weighted by atomic mass is 31.1. The molecule has 1 unspecified atom stereocenters. The van der Waals surface area contributed by atoms with Crippen molar-refractivity contribution in [1.29, 1.82) is 0 Å². The Bertz CT molecular complexity index is 922. The maximum absolute atomic E-state index is 12.2. The Morgan fingerprint density at radius 2 is 2.11 bits per heavy atom. The van der Waals surface area contributed by atoms with Gasteiger partial charge in [0.2, 0.25) is 5.95 Å². The molecule has 11 nitrogen and oxygen atoms in total. The maximum Gasteiger partial charge on any atom is 0.461 e. The van der Waals surface area contributed by atoms with Crippen molar-refractivity contribution in [3.63, 3.8) is 0 Å². The molecule has 12 heteroatoms. The summed E-state index contributed by atoms with van der Waals surface area (Å²) in [5, 5.41) is 6.68. The predicted molar refractivity (Wildman–Crippen MR) is 103 cm³/mol. The molecule has 154 valence electrons. The molecule has 0 spiro atoms. The van der Waals surface area contributed by atoms with E-state index < -0.39 is 31.3 Å². The Balaban J connectivity index is 1.96. The van der Waals surface area contributed by atoms with E-state index in [9.17, 15) is 14.2 Å². The van der Waals surface area contributed by atoms with Crippen LogP contribution in [0.4, 0.5) is 5.95 Å². The van der Waals surface area contributed by atoms with E-state index in [1.165, 1.54) is 6.20 Å². The summed E-state index contributed by atoms with van der Waals surface area (Å²) in [6.07, 6.45) is 1.53. The van der Waals surface area contributed by atoms with Crippen LogP contribution in [0, 0.1) is 0 Å². The average molecular weight is 413 g/mol. The number of nitrogen functional groups attached to an aromatic ring is 1. The van der Waals surface area contributed by atoms with Crippen LogP contribution >= 0.6 is 7.95 Å². The average Bonchev–Trinajstić information content (AvgIpc) is 2.95. The summed E-state index contributed by atoms with van der Waals surface area (Å²) in [4.78, 5) is 30.1. The minimum absolute atomic E-state index is 0.00692. The third kappa shape index (κ3) is 5.82. The third-order valence-corrected chi connectivity index (χ3v) is 4.74. The van der Waals surface area contributed by atoms with Crippen LogP contribution in [0.1, 0.15) is 40.2 Å². The number of nitrogens with zero attached hydrogens (tertiary/aromatic N) is 3. The zero-order valence-corrected chi connectivity index (χ0v) is 17.4. The summed E-state index contributed by atoms with van der Waals surface area (Å²) in [5.74, 6) is -0.481. The van der Waals surface area contributed by atoms with Crippen LogP contribution in [0.3, 0.4) is 0 Å². The number of esters is 1. The fraction of sp³-hybridized carbons (Fsp3) is 0.625. The van der Waals surface area contributed by atoms with E-state index in [1.54, 1.807) is 20.8 Å². The van der Waals surface area contributed by atoms with Crippen LogP contribution in [0.25, 0.3) is 5.65 Å². The topological polar surface area (TPSA) is 154 Å². The smallest absolute Gasteiger partial charge is 0.461 e. The highest BCUT2D eigenvalue weighted by molar-refractivity contribution is 7.42. The second kappa shape index (κ2) is 8.76. The molecule has 2 aromatic rings. The first-order valence-electron chi connectivity index (χ1n) is 8.76. The summed E-state index contributed by atoms with van der Waals surface area (Å²) in [6.45, 7) is 8.69. The molecule has 0 aliphatic rings. The van der Waals surface area contributed by atoms with E-state index in [0.717, 1.165) is 4.52 Å². The van der Waals surface area contributed by atoms with Gasteiger partial charge in [-0.1, -0.05) is 5.09 Å². The first-order chi connectivity index (χ1) is 13.0. The minimum Gasteiger partial charge on any atom is -0.462 e. The predicted octanol–water partition coefficient (Wildman–Crippen LogP) is 0.967. The van der Waals surface area contributed by atoms with E-state index in [2.05, 4.69) is 20.2 Å². The lowest BCUT2D eigenvalue weighted by atomic mass is 10.0. The summed E-state index contributed by atoms with van der Waals surface area (Å²) in [6, 6.07) is -0.712. The summed E-state index contributed by atoms with van der Waals surface area (Å²) >= 11 is 0. The Kier molecular flexibility index (Phi) is 6.87. The molecule has 0 aliphatic heterocycles. The number of aromatic nitrogens is 4. The molecule has 2 heterocycles. The number of hydrogen-bond acceptors (Lipinski definition) is 8. The van der Waals surface area contributed by atoms with Crippen LogP contribution in [0.2, 0.25) is 0 Å². The first kappa shape index (κ1) is 21.9. The zero-order chi connectivity index (χ0) is 21.1. The lowest BCUT2D eigenvalue weighted by molar-refractivity contribution is -0.148. The molecular formula is C16H26N6O5P+. The molecule has 2 atom stereocenters. The number of H-pyrrole nitrogens is 1. The highest BCUT2D eigenvalue weighted by Gasteiger charge is 2.30. The Hall–Kier alpha value is -2.36. The summed E-state index contributed by atoms with van der Waals surface area (Å²) in [7, 11) is -1.98. The Morgan fingerprint density at radius 1 is 1.43 bits per heavy atom. The number of ether oxygens (including phenoxy) is 2. The number of aromatic amines is 1. The lowest BCUT2D eigenvalue weighted by Gasteiger charge is -2.22. The monoisotopic (exact) mass is 413 g/mol. The van der Waals surface area contributed by atoms with Gasteiger partial charge in [-0.15, -0.1) is 0 Å². The molecule has 0 saturated carbocycles. The summed E-state index contributed by atoms with van der Waals surface area (Å²) < 4.78 is 24.1. The molecule has 4 N–H and O–H groups in total. The van der Waals surface area contributed by atoms with Crippen LogP contribution < -0.4 is 16.5 Å². The molecule has 2 rings (SSSR count). The van der Waals surface area contributed by atoms with Crippen molar-refractivity contribution in [3.05, 3.63) is 22.2 Å². The van der Waals surface area contributed by atoms with Gasteiger partial charge in [0.1, 0.15) is 6.04 Å². The number of anilines is 1. The van der Waals surface area contributed by atoms with E-state index in [0.29, 0.717) is 17.6 Å². The van der Waals surface area contributed by atoms with Crippen LogP contribution in [-0.2, 0) is 25.3 Å². The maximum atomic E-state index is 12.2. The molecule has 0 aromatic carbocycles. The number of carbonyl (C=O) groups is 1. The van der Waals surface area contributed by atoms with Crippen LogP contribution in [0.5, 0.6) is 0 Å². The fourth-order valence-electron chi connectivity index (χ4n) is 2.46. The number of hydrogen-bond donors (Lipinski definition) is 3. The van der Waals surface area contributed by atoms with Crippen LogP contribution in [-0.4, -0.2) is 49.6 Å². The van der Waals surface area contributed by atoms with Gasteiger partial charge < -0.3 is 15.2 Å². The van der Waals surface area contributed by atoms with E-state index >= 15 is 0 Å². The molecule has 0 amide bonds. The third-order valence-electron chi connectivity index (χ3n) is 3.70. The van der Waals surface area contributed by atoms with Gasteiger partial charge in [0.25, 0.3) is 6.35 Å².